The summed E-state index contributed by atoms with van der Waals surface area (Å²) < 4.78 is 34.8. The molecule has 2 amide bonds. The number of para-hydroxylation sites is 2. The number of aromatic nitrogens is 4. The van der Waals surface area contributed by atoms with Gasteiger partial charge in [0.15, 0.2) is 5.41 Å². The van der Waals surface area contributed by atoms with Crippen LogP contribution in [0.5, 0.6) is 23.0 Å². The van der Waals surface area contributed by atoms with Gasteiger partial charge in [-0.1, -0.05) is 60.7 Å². The third-order valence-corrected chi connectivity index (χ3v) is 15.6. The van der Waals surface area contributed by atoms with Crippen LogP contribution in [0.4, 0.5) is 11.4 Å². The molecule has 4 aliphatic heterocycles. The normalized spacial score (nSPS) is 13.3. The number of ether oxygens (including phenoxy) is 6. The van der Waals surface area contributed by atoms with Crippen molar-refractivity contribution in [3.8, 4) is 67.5 Å². The highest BCUT2D eigenvalue weighted by atomic mass is 16.6. The van der Waals surface area contributed by atoms with Crippen LogP contribution < -0.4 is 29.6 Å². The van der Waals surface area contributed by atoms with Crippen LogP contribution in [0.15, 0.2) is 158 Å². The predicted octanol–water partition coefficient (Wildman–Crippen LogP) is 14.1. The molecule has 0 unspecified atom stereocenters. The predicted molar refractivity (Wildman–Crippen MR) is 339 cm³/mol. The number of methoxy groups -OCH3 is 4. The molecule has 16 heteroatoms. The summed E-state index contributed by atoms with van der Waals surface area (Å²) in [6, 6.07) is 47.8. The van der Waals surface area contributed by atoms with Crippen molar-refractivity contribution in [3.63, 3.8) is 0 Å². The van der Waals surface area contributed by atoms with Crippen LogP contribution >= 0.6 is 0 Å². The molecule has 4 N–H and O–H groups in total. The van der Waals surface area contributed by atoms with Crippen molar-refractivity contribution in [2.24, 2.45) is 5.41 Å². The molecule has 0 aliphatic carbocycles. The van der Waals surface area contributed by atoms with Gasteiger partial charge in [-0.15, -0.1) is 0 Å². The molecule has 14 bridgehead atoms. The Morgan fingerprint density at radius 1 is 0.425 bits per heavy atom. The second-order valence-corrected chi connectivity index (χ2v) is 21.0. The lowest BCUT2D eigenvalue weighted by Crippen LogP contribution is -2.46. The number of hydrogen-bond donors (Lipinski definition) is 4. The van der Waals surface area contributed by atoms with Gasteiger partial charge in [0.05, 0.1) is 64.4 Å². The minimum absolute atomic E-state index is 0.0216. The van der Waals surface area contributed by atoms with Crippen molar-refractivity contribution in [1.82, 2.24) is 19.9 Å². The number of benzene rings is 6. The summed E-state index contributed by atoms with van der Waals surface area (Å²) >= 11 is 0. The lowest BCUT2D eigenvalue weighted by molar-refractivity contribution is -0.172. The Morgan fingerprint density at radius 3 is 1.15 bits per heavy atom. The molecule has 7 heterocycles. The van der Waals surface area contributed by atoms with Gasteiger partial charge in [-0.2, -0.15) is 0 Å². The first-order valence-electron chi connectivity index (χ1n) is 28.4. The number of amides is 2. The Bertz CT molecular complexity index is 4170. The molecule has 0 saturated heterocycles. The first-order chi connectivity index (χ1) is 42.4. The van der Waals surface area contributed by atoms with Crippen molar-refractivity contribution in [2.45, 2.75) is 26.7 Å². The van der Waals surface area contributed by atoms with Crippen LogP contribution in [0.1, 0.15) is 68.5 Å². The number of carbonyl (C=O) groups excluding carboxylic acids is 4. The number of nitrogens with zero attached hydrogens (tertiary/aromatic N) is 2. The molecule has 3 aromatic heterocycles. The molecule has 6 aromatic carbocycles. The average Bonchev–Trinajstić information content (AvgIpc) is 2.06. The third-order valence-electron chi connectivity index (χ3n) is 15.6. The fraction of sp³-hybridized carbons (Fsp3) is 0.155. The lowest BCUT2D eigenvalue weighted by atomic mass is 9.76. The molecule has 9 aromatic rings. The van der Waals surface area contributed by atoms with Crippen molar-refractivity contribution in [2.75, 3.05) is 52.3 Å². The summed E-state index contributed by atoms with van der Waals surface area (Å²) in [4.78, 5) is 77.5. The minimum Gasteiger partial charge on any atom is -0.497 e. The topological polar surface area (TPSA) is 205 Å². The molecule has 4 aliphatic rings. The molecular formula is C71H60N6O10. The molecular weight excluding hydrogens is 1100 g/mol. The zero-order valence-electron chi connectivity index (χ0n) is 48.6. The molecule has 0 atom stereocenters. The van der Waals surface area contributed by atoms with E-state index in [2.05, 4.69) is 20.6 Å². The van der Waals surface area contributed by atoms with Crippen LogP contribution in [0.2, 0.25) is 0 Å². The first kappa shape index (κ1) is 56.5. The van der Waals surface area contributed by atoms with Gasteiger partial charge in [0, 0.05) is 90.1 Å². The van der Waals surface area contributed by atoms with E-state index in [1.54, 1.807) is 90.8 Å². The second-order valence-electron chi connectivity index (χ2n) is 21.0. The van der Waals surface area contributed by atoms with Crippen LogP contribution in [0, 0.1) is 5.41 Å². The van der Waals surface area contributed by atoms with Crippen LogP contribution in [-0.2, 0) is 31.9 Å². The summed E-state index contributed by atoms with van der Waals surface area (Å²) in [5, 5.41) is 6.43. The van der Waals surface area contributed by atoms with E-state index in [0.29, 0.717) is 124 Å². The van der Waals surface area contributed by atoms with E-state index in [9.17, 15) is 19.2 Å². The Kier molecular flexibility index (Phi) is 15.5. The van der Waals surface area contributed by atoms with Gasteiger partial charge >= 0.3 is 11.9 Å². The summed E-state index contributed by atoms with van der Waals surface area (Å²) in [7, 11) is 6.42. The smallest absolute Gasteiger partial charge is 0.324 e. The molecule has 0 fully saturated rings. The van der Waals surface area contributed by atoms with E-state index in [-0.39, 0.29) is 37.2 Å². The highest BCUT2D eigenvalue weighted by Crippen LogP contribution is 2.44. The maximum atomic E-state index is 15.0. The van der Waals surface area contributed by atoms with E-state index in [4.69, 9.17) is 38.4 Å². The molecule has 87 heavy (non-hydrogen) atoms. The van der Waals surface area contributed by atoms with Gasteiger partial charge in [-0.25, -0.2) is 9.97 Å². The van der Waals surface area contributed by atoms with Crippen LogP contribution in [0.25, 0.3) is 90.9 Å². The van der Waals surface area contributed by atoms with Crippen molar-refractivity contribution in [3.05, 3.63) is 203 Å². The number of H-pyrrole nitrogens is 2. The Hall–Kier alpha value is -11.0. The first-order valence-corrected chi connectivity index (χ1v) is 28.4. The molecule has 16 nitrogen and oxygen atoms in total. The van der Waals surface area contributed by atoms with Gasteiger partial charge in [-0.3, -0.25) is 19.2 Å². The highest BCUT2D eigenvalue weighted by molar-refractivity contribution is 6.10. The quantitative estimate of drug-likeness (QED) is 0.0746. The van der Waals surface area contributed by atoms with Crippen LogP contribution in [0.3, 0.4) is 0 Å². The number of anilines is 2. The lowest BCUT2D eigenvalue weighted by Gasteiger charge is -2.30. The number of rotatable bonds is 10. The van der Waals surface area contributed by atoms with Gasteiger partial charge in [-0.05, 0) is 158 Å². The monoisotopic (exact) mass is 1160 g/mol. The zero-order valence-corrected chi connectivity index (χ0v) is 48.6. The van der Waals surface area contributed by atoms with E-state index in [1.165, 1.54) is 0 Å². The van der Waals surface area contributed by atoms with E-state index < -0.39 is 29.2 Å². The number of fused-ring (bicyclic) bond motifs is 4. The van der Waals surface area contributed by atoms with Crippen LogP contribution in [-0.4, -0.2) is 85.3 Å². The minimum atomic E-state index is -1.94. The fourth-order valence-corrected chi connectivity index (χ4v) is 11.6. The second kappa shape index (κ2) is 23.9. The molecule has 434 valence electrons. The van der Waals surface area contributed by atoms with Crippen molar-refractivity contribution >= 4 is 81.5 Å². The molecule has 0 spiro atoms. The number of nitrogens with one attached hydrogen (secondary N) is 4. The largest absolute Gasteiger partial charge is 0.497 e. The summed E-state index contributed by atoms with van der Waals surface area (Å²) in [5.74, 6) is -0.317. The van der Waals surface area contributed by atoms with E-state index in [1.807, 2.05) is 133 Å². The molecule has 0 radical (unpaired) electrons. The Balaban J connectivity index is 1.21. The van der Waals surface area contributed by atoms with Gasteiger partial charge in [0.1, 0.15) is 23.0 Å². The SMILES string of the molecule is CCOC(=O)C1(C(=O)OCC)Cc2cccc(c2)C(=O)Nc2ccccc2-c2c3nc(c(-c4cc(OC)cc(OC)c4)c4ccc([nH]4)c(c4nc(c(-c5cc(OC)cc(OC)c5)c5ccc2[nH]5)C=C4)-c2ccccc2NC(=O)c2cccc(c2)C1)C=C3. The number of hydrogen-bond acceptors (Lipinski definition) is 12. The van der Waals surface area contributed by atoms with Gasteiger partial charge in [0.2, 0.25) is 0 Å². The fourth-order valence-electron chi connectivity index (χ4n) is 11.6. The summed E-state index contributed by atoms with van der Waals surface area (Å²) in [6.45, 7) is 3.29. The Labute approximate surface area is 501 Å². The highest BCUT2D eigenvalue weighted by Gasteiger charge is 2.49. The summed E-state index contributed by atoms with van der Waals surface area (Å²) in [6.07, 6.45) is 7.41. The van der Waals surface area contributed by atoms with Gasteiger partial charge in [0.25, 0.3) is 11.8 Å². The number of esters is 2. The maximum Gasteiger partial charge on any atom is 0.324 e. The number of aromatic amines is 2. The third kappa shape index (κ3) is 11.0. The average molecular weight is 1160 g/mol. The Morgan fingerprint density at radius 2 is 0.782 bits per heavy atom. The van der Waals surface area contributed by atoms with Crippen molar-refractivity contribution < 1.29 is 47.6 Å². The van der Waals surface area contributed by atoms with E-state index >= 15 is 0 Å². The molecule has 0 saturated carbocycles. The van der Waals surface area contributed by atoms with E-state index in [0.717, 1.165) is 11.1 Å². The molecule has 13 rings (SSSR count). The maximum absolute atomic E-state index is 15.0. The standard InChI is InChI=1S/C71H60N6O10/c1-7-86-69(80)71(70(81)87-8-2)39-41-15-13-17-43(31-41)67(78)76-53-21-11-9-19-51(53)65-59-27-23-55(72-59)63(45-33-47(82-3)37-48(34-45)83-4)56-24-28-60(73-56)66(52-20-10-12-22-54(52)77-68(79)44-18-14-16-42(32-44)40-71)62-30-26-58(75-62)64(57-25-29-61(65)74-57)46-35-49(84-5)38-50(36-46)85-6/h9-38,72,75H,7-8,39-40H2,1-6H3,(H,76,78)(H,77,79). The zero-order chi connectivity index (χ0) is 60.3. The summed E-state index contributed by atoms with van der Waals surface area (Å²) in [5.41, 5.74) is 10.8. The van der Waals surface area contributed by atoms with Crippen molar-refractivity contribution in [1.29, 1.82) is 0 Å². The number of carbonyl (C=O) groups is 4. The van der Waals surface area contributed by atoms with Gasteiger partial charge < -0.3 is 49.0 Å².